The lowest BCUT2D eigenvalue weighted by atomic mass is 9.83. The van der Waals surface area contributed by atoms with E-state index in [4.69, 9.17) is 19.7 Å². The molecule has 1 heterocycles. The average molecular weight is 414 g/mol. The second-order valence-electron chi connectivity index (χ2n) is 6.57. The van der Waals surface area contributed by atoms with Crippen molar-refractivity contribution in [2.24, 2.45) is 0 Å². The van der Waals surface area contributed by atoms with Crippen molar-refractivity contribution in [2.45, 2.75) is 25.4 Å². The maximum atomic E-state index is 10.2. The summed E-state index contributed by atoms with van der Waals surface area (Å²) in [6.45, 7) is 3.27. The van der Waals surface area contributed by atoms with Gasteiger partial charge in [0, 0.05) is 0 Å². The van der Waals surface area contributed by atoms with Gasteiger partial charge in [-0.3, -0.25) is 0 Å². The summed E-state index contributed by atoms with van der Waals surface area (Å²) in [4.78, 5) is 20.4. The van der Waals surface area contributed by atoms with Crippen LogP contribution in [0.25, 0.3) is 0 Å². The third-order valence-electron chi connectivity index (χ3n) is 4.38. The highest BCUT2D eigenvalue weighted by molar-refractivity contribution is 5.87. The molecule has 0 radical (unpaired) electrons. The Hall–Kier alpha value is -3.42. The quantitative estimate of drug-likeness (QED) is 0.501. The molecular weight excluding hydrogens is 388 g/mol. The molecule has 2 unspecified atom stereocenters. The number of aliphatic hydroxyl groups is 2. The molecule has 0 fully saturated rings. The Bertz CT molecular complexity index is 825. The summed E-state index contributed by atoms with van der Waals surface area (Å²) >= 11 is 0. The molecule has 0 spiro atoms. The van der Waals surface area contributed by atoms with Gasteiger partial charge in [-0.25, -0.2) is 9.59 Å². The summed E-state index contributed by atoms with van der Waals surface area (Å²) in [5.74, 6) is -1.15. The van der Waals surface area contributed by atoms with Crippen LogP contribution in [0.4, 0.5) is 0 Å². The van der Waals surface area contributed by atoms with E-state index in [2.05, 4.69) is 0 Å². The molecule has 0 saturated heterocycles. The molecule has 2 atom stereocenters. The Morgan fingerprint density at radius 2 is 1.30 bits per heavy atom. The number of aliphatic hydroxyl groups excluding tert-OH is 2. The Kier molecular flexibility index (Phi) is 10.0. The van der Waals surface area contributed by atoms with E-state index in [0.29, 0.717) is 16.9 Å². The van der Waals surface area contributed by atoms with Crippen LogP contribution in [0.1, 0.15) is 40.3 Å². The minimum absolute atomic E-state index is 0.127. The van der Waals surface area contributed by atoms with Crippen LogP contribution >= 0.6 is 0 Å². The van der Waals surface area contributed by atoms with E-state index < -0.39 is 23.5 Å². The largest absolute Gasteiger partial charge is 0.478 e. The molecular formula is C23H26O7. The highest BCUT2D eigenvalue weighted by Gasteiger charge is 2.34. The van der Waals surface area contributed by atoms with Crippen molar-refractivity contribution in [3.8, 4) is 0 Å². The van der Waals surface area contributed by atoms with Crippen molar-refractivity contribution in [3.05, 3.63) is 95.9 Å². The first-order chi connectivity index (χ1) is 14.2. The fourth-order valence-electron chi connectivity index (χ4n) is 2.18. The first kappa shape index (κ1) is 24.6. The highest BCUT2D eigenvalue weighted by atomic mass is 16.4. The van der Waals surface area contributed by atoms with Crippen LogP contribution in [0.3, 0.4) is 0 Å². The number of rotatable bonds is 5. The second-order valence-corrected chi connectivity index (χ2v) is 6.57. The van der Waals surface area contributed by atoms with Crippen LogP contribution in [0.15, 0.2) is 83.5 Å². The molecule has 7 heteroatoms. The molecule has 0 aliphatic heterocycles. The van der Waals surface area contributed by atoms with E-state index in [9.17, 15) is 14.7 Å². The van der Waals surface area contributed by atoms with Crippen molar-refractivity contribution in [1.29, 1.82) is 0 Å². The van der Waals surface area contributed by atoms with Gasteiger partial charge in [-0.05, 0) is 50.2 Å². The van der Waals surface area contributed by atoms with E-state index in [1.54, 1.807) is 86.6 Å². The number of aromatic carboxylic acids is 2. The first-order valence-corrected chi connectivity index (χ1v) is 9.12. The van der Waals surface area contributed by atoms with Crippen LogP contribution in [0.5, 0.6) is 0 Å². The number of benzene rings is 2. The number of furan rings is 1. The van der Waals surface area contributed by atoms with E-state index in [0.717, 1.165) is 0 Å². The van der Waals surface area contributed by atoms with Gasteiger partial charge in [0.05, 0.1) is 35.5 Å². The SMILES string of the molecule is CC(O)C(C)(CO)c1ccco1.O=C(O)c1ccccc1.O=C(O)c1ccccc1. The zero-order valence-corrected chi connectivity index (χ0v) is 16.8. The van der Waals surface area contributed by atoms with Gasteiger partial charge in [0.25, 0.3) is 0 Å². The van der Waals surface area contributed by atoms with Gasteiger partial charge in [0.15, 0.2) is 0 Å². The number of hydrogen-bond donors (Lipinski definition) is 4. The van der Waals surface area contributed by atoms with Gasteiger partial charge in [-0.1, -0.05) is 36.4 Å². The topological polar surface area (TPSA) is 128 Å². The molecule has 0 saturated carbocycles. The zero-order valence-electron chi connectivity index (χ0n) is 16.8. The lowest BCUT2D eigenvalue weighted by molar-refractivity contribution is 0.0481. The fourth-order valence-corrected chi connectivity index (χ4v) is 2.18. The van der Waals surface area contributed by atoms with Gasteiger partial charge in [-0.15, -0.1) is 0 Å². The second kappa shape index (κ2) is 12.2. The third-order valence-corrected chi connectivity index (χ3v) is 4.38. The maximum Gasteiger partial charge on any atom is 0.335 e. The van der Waals surface area contributed by atoms with Gasteiger partial charge in [0.2, 0.25) is 0 Å². The summed E-state index contributed by atoms with van der Waals surface area (Å²) in [5, 5.41) is 35.3. The van der Waals surface area contributed by atoms with Crippen LogP contribution in [0.2, 0.25) is 0 Å². The van der Waals surface area contributed by atoms with Gasteiger partial charge < -0.3 is 24.8 Å². The van der Waals surface area contributed by atoms with Crippen molar-refractivity contribution in [1.82, 2.24) is 0 Å². The number of hydrogen-bond acceptors (Lipinski definition) is 5. The van der Waals surface area contributed by atoms with Gasteiger partial charge in [-0.2, -0.15) is 0 Å². The molecule has 2 aromatic carbocycles. The lowest BCUT2D eigenvalue weighted by Gasteiger charge is -2.27. The summed E-state index contributed by atoms with van der Waals surface area (Å²) in [6, 6.07) is 20.1. The van der Waals surface area contributed by atoms with E-state index in [-0.39, 0.29) is 6.61 Å². The van der Waals surface area contributed by atoms with Crippen LogP contribution < -0.4 is 0 Å². The normalized spacial score (nSPS) is 12.8. The zero-order chi connectivity index (χ0) is 22.6. The average Bonchev–Trinajstić information content (AvgIpc) is 3.30. The highest BCUT2D eigenvalue weighted by Crippen LogP contribution is 2.27. The Labute approximate surface area is 174 Å². The van der Waals surface area contributed by atoms with Crippen LogP contribution in [0, 0.1) is 0 Å². The van der Waals surface area contributed by atoms with Crippen LogP contribution in [-0.2, 0) is 5.41 Å². The molecule has 0 bridgehead atoms. The molecule has 0 aliphatic rings. The number of carboxylic acid groups (broad SMARTS) is 2. The molecule has 160 valence electrons. The monoisotopic (exact) mass is 414 g/mol. The van der Waals surface area contributed by atoms with Crippen molar-refractivity contribution in [2.75, 3.05) is 6.61 Å². The van der Waals surface area contributed by atoms with Crippen LogP contribution in [-0.4, -0.2) is 45.1 Å². The summed E-state index contributed by atoms with van der Waals surface area (Å²) in [7, 11) is 0. The molecule has 7 nitrogen and oxygen atoms in total. The predicted octanol–water partition coefficient (Wildman–Crippen LogP) is 3.68. The molecule has 30 heavy (non-hydrogen) atoms. The Balaban J connectivity index is 0.000000229. The molecule has 0 aliphatic carbocycles. The molecule has 1 aromatic heterocycles. The molecule has 4 N–H and O–H groups in total. The predicted molar refractivity (Wildman–Crippen MR) is 112 cm³/mol. The third kappa shape index (κ3) is 7.54. The van der Waals surface area contributed by atoms with Crippen molar-refractivity contribution < 1.29 is 34.4 Å². The van der Waals surface area contributed by atoms with E-state index >= 15 is 0 Å². The molecule has 3 rings (SSSR count). The number of carbonyl (C=O) groups is 2. The smallest absolute Gasteiger partial charge is 0.335 e. The molecule has 0 amide bonds. The fraction of sp³-hybridized carbons (Fsp3) is 0.217. The lowest BCUT2D eigenvalue weighted by Crippen LogP contribution is -2.37. The van der Waals surface area contributed by atoms with Gasteiger partial charge >= 0.3 is 11.9 Å². The van der Waals surface area contributed by atoms with Crippen molar-refractivity contribution >= 4 is 11.9 Å². The molecule has 3 aromatic rings. The summed E-state index contributed by atoms with van der Waals surface area (Å²) < 4.78 is 5.13. The maximum absolute atomic E-state index is 10.2. The van der Waals surface area contributed by atoms with Crippen molar-refractivity contribution in [3.63, 3.8) is 0 Å². The minimum atomic E-state index is -0.879. The van der Waals surface area contributed by atoms with E-state index in [1.807, 2.05) is 0 Å². The summed E-state index contributed by atoms with van der Waals surface area (Å²) in [5.41, 5.74) is -0.0289. The summed E-state index contributed by atoms with van der Waals surface area (Å²) in [6.07, 6.45) is 0.902. The number of carboxylic acids is 2. The van der Waals surface area contributed by atoms with E-state index in [1.165, 1.54) is 6.26 Å². The Morgan fingerprint density at radius 3 is 1.53 bits per heavy atom. The standard InChI is InChI=1S/C9H14O3.2C7H6O2/c1-7(11)9(2,6-10)8-4-3-5-12-8;2*8-7(9)6-4-2-1-3-5-6/h3-5,7,10-11H,6H2,1-2H3;2*1-5H,(H,8,9). The minimum Gasteiger partial charge on any atom is -0.478 e. The first-order valence-electron chi connectivity index (χ1n) is 9.12. The van der Waals surface area contributed by atoms with Gasteiger partial charge in [0.1, 0.15) is 5.76 Å². The Morgan fingerprint density at radius 1 is 0.867 bits per heavy atom.